The minimum atomic E-state index is -1.35. The summed E-state index contributed by atoms with van der Waals surface area (Å²) in [6.45, 7) is 0. The second-order valence-electron chi connectivity index (χ2n) is 7.19. The van der Waals surface area contributed by atoms with Crippen LogP contribution >= 0.6 is 7.80 Å². The van der Waals surface area contributed by atoms with E-state index in [0.717, 1.165) is 0 Å². The van der Waals surface area contributed by atoms with Crippen molar-refractivity contribution in [3.05, 3.63) is 0 Å². The largest absolute Gasteiger partial charge is 0.326 e. The molecule has 0 amide bonds. The zero-order valence-corrected chi connectivity index (χ0v) is 14.4. The van der Waals surface area contributed by atoms with E-state index in [-0.39, 0.29) is 0 Å². The minimum absolute atomic E-state index is 0.601. The molecule has 0 heterocycles. The molecule has 0 aromatic heterocycles. The summed E-state index contributed by atoms with van der Waals surface area (Å²) in [7, 11) is -1.35. The summed E-state index contributed by atoms with van der Waals surface area (Å²) in [4.78, 5) is 0. The normalized spacial score (nSPS) is 26.1. The standard InChI is InChI=1S/C18H35OP/c19-20(17-13-9-5-1-2-6-10-14-17)18-15-11-7-3-4-8-12-16-18/h17-18,20H,1-16H2. The van der Waals surface area contributed by atoms with Gasteiger partial charge in [-0.05, 0) is 25.7 Å². The van der Waals surface area contributed by atoms with Crippen LogP contribution < -0.4 is 0 Å². The molecule has 0 bridgehead atoms. The van der Waals surface area contributed by atoms with E-state index in [1.54, 1.807) is 0 Å². The van der Waals surface area contributed by atoms with Gasteiger partial charge in [-0.2, -0.15) is 0 Å². The Morgan fingerprint density at radius 1 is 0.450 bits per heavy atom. The fraction of sp³-hybridized carbons (Fsp3) is 1.00. The van der Waals surface area contributed by atoms with E-state index in [1.807, 2.05) is 0 Å². The quantitative estimate of drug-likeness (QED) is 0.528. The van der Waals surface area contributed by atoms with E-state index in [0.29, 0.717) is 11.3 Å². The molecule has 0 aliphatic heterocycles. The second-order valence-corrected chi connectivity index (χ2v) is 9.63. The highest BCUT2D eigenvalue weighted by atomic mass is 31.1. The lowest BCUT2D eigenvalue weighted by Crippen LogP contribution is -2.12. The lowest BCUT2D eigenvalue weighted by Gasteiger charge is -2.23. The van der Waals surface area contributed by atoms with Gasteiger partial charge in [0.15, 0.2) is 0 Å². The van der Waals surface area contributed by atoms with Gasteiger partial charge in [-0.15, -0.1) is 0 Å². The molecule has 0 unspecified atom stereocenters. The van der Waals surface area contributed by atoms with Crippen LogP contribution in [0, 0.1) is 0 Å². The molecular formula is C18H35OP. The van der Waals surface area contributed by atoms with Crippen molar-refractivity contribution in [1.82, 2.24) is 0 Å². The maximum absolute atomic E-state index is 13.1. The molecule has 0 aromatic rings. The van der Waals surface area contributed by atoms with Gasteiger partial charge < -0.3 is 4.57 Å². The summed E-state index contributed by atoms with van der Waals surface area (Å²) in [5.41, 5.74) is 1.20. The zero-order chi connectivity index (χ0) is 14.0. The molecule has 20 heavy (non-hydrogen) atoms. The number of hydrogen-bond acceptors (Lipinski definition) is 1. The maximum Gasteiger partial charge on any atom is 0.0820 e. The molecule has 0 saturated heterocycles. The Labute approximate surface area is 127 Å². The molecule has 2 aliphatic carbocycles. The van der Waals surface area contributed by atoms with Gasteiger partial charge in [-0.1, -0.05) is 77.0 Å². The molecule has 0 aromatic carbocycles. The van der Waals surface area contributed by atoms with Crippen molar-refractivity contribution in [2.75, 3.05) is 0 Å². The topological polar surface area (TPSA) is 17.1 Å². The van der Waals surface area contributed by atoms with Crippen LogP contribution in [0.25, 0.3) is 0 Å². The summed E-state index contributed by atoms with van der Waals surface area (Å²) < 4.78 is 13.1. The van der Waals surface area contributed by atoms with E-state index >= 15 is 0 Å². The minimum Gasteiger partial charge on any atom is -0.326 e. The molecule has 0 atom stereocenters. The average Bonchev–Trinajstić information content (AvgIpc) is 2.69. The summed E-state index contributed by atoms with van der Waals surface area (Å²) in [5, 5.41) is 0. The van der Waals surface area contributed by atoms with Gasteiger partial charge in [0.2, 0.25) is 0 Å². The van der Waals surface area contributed by atoms with Crippen LogP contribution in [-0.4, -0.2) is 11.3 Å². The van der Waals surface area contributed by atoms with Crippen molar-refractivity contribution in [3.63, 3.8) is 0 Å². The molecule has 2 fully saturated rings. The molecule has 118 valence electrons. The van der Waals surface area contributed by atoms with Gasteiger partial charge in [-0.25, -0.2) is 0 Å². The summed E-state index contributed by atoms with van der Waals surface area (Å²) in [6.07, 6.45) is 21.6. The van der Waals surface area contributed by atoms with Crippen LogP contribution in [0.5, 0.6) is 0 Å². The molecule has 0 spiro atoms. The molecule has 2 heteroatoms. The first kappa shape index (κ1) is 16.6. The Hall–Kier alpha value is 0.230. The molecule has 2 rings (SSSR count). The van der Waals surface area contributed by atoms with Crippen LogP contribution in [0.4, 0.5) is 0 Å². The van der Waals surface area contributed by atoms with Crippen molar-refractivity contribution in [1.29, 1.82) is 0 Å². The Morgan fingerprint density at radius 2 is 0.700 bits per heavy atom. The smallest absolute Gasteiger partial charge is 0.0820 e. The van der Waals surface area contributed by atoms with Crippen molar-refractivity contribution in [2.24, 2.45) is 0 Å². The van der Waals surface area contributed by atoms with E-state index < -0.39 is 7.80 Å². The van der Waals surface area contributed by atoms with E-state index in [9.17, 15) is 4.57 Å². The average molecular weight is 298 g/mol. The molecule has 0 N–H and O–H groups in total. The Kier molecular flexibility index (Phi) is 8.33. The van der Waals surface area contributed by atoms with Crippen LogP contribution in [0.1, 0.15) is 103 Å². The monoisotopic (exact) mass is 298 g/mol. The zero-order valence-electron chi connectivity index (χ0n) is 13.4. The Morgan fingerprint density at radius 3 is 1.00 bits per heavy atom. The third-order valence-electron chi connectivity index (χ3n) is 5.52. The van der Waals surface area contributed by atoms with E-state index in [1.165, 1.54) is 103 Å². The third kappa shape index (κ3) is 5.92. The van der Waals surface area contributed by atoms with Gasteiger partial charge >= 0.3 is 0 Å². The Bertz CT molecular complexity index is 231. The predicted octanol–water partition coefficient (Wildman–Crippen LogP) is 6.55. The summed E-state index contributed by atoms with van der Waals surface area (Å²) >= 11 is 0. The van der Waals surface area contributed by atoms with E-state index in [4.69, 9.17) is 0 Å². The van der Waals surface area contributed by atoms with Crippen LogP contribution in [0.3, 0.4) is 0 Å². The lowest BCUT2D eigenvalue weighted by atomic mass is 10.1. The molecule has 0 radical (unpaired) electrons. The van der Waals surface area contributed by atoms with Crippen molar-refractivity contribution in [2.45, 2.75) is 114 Å². The number of hydrogen-bond donors (Lipinski definition) is 0. The first-order valence-electron chi connectivity index (χ1n) is 9.41. The summed E-state index contributed by atoms with van der Waals surface area (Å²) in [6, 6.07) is 0. The van der Waals surface area contributed by atoms with Gasteiger partial charge in [0, 0.05) is 11.3 Å². The first-order chi connectivity index (χ1) is 9.88. The molecule has 1 nitrogen and oxygen atoms in total. The Balaban J connectivity index is 1.87. The third-order valence-corrected chi connectivity index (χ3v) is 8.28. The van der Waals surface area contributed by atoms with Gasteiger partial charge in [0.25, 0.3) is 0 Å². The molecule has 2 aliphatic rings. The lowest BCUT2D eigenvalue weighted by molar-refractivity contribution is 0.525. The SMILES string of the molecule is O=[PH](C1CCCCCCCC1)C1CCCCCCCC1. The van der Waals surface area contributed by atoms with Gasteiger partial charge in [0.05, 0.1) is 7.80 Å². The van der Waals surface area contributed by atoms with Crippen molar-refractivity contribution in [3.8, 4) is 0 Å². The van der Waals surface area contributed by atoms with E-state index in [2.05, 4.69) is 0 Å². The van der Waals surface area contributed by atoms with Gasteiger partial charge in [0.1, 0.15) is 0 Å². The fourth-order valence-electron chi connectivity index (χ4n) is 4.17. The predicted molar refractivity (Wildman–Crippen MR) is 90.4 cm³/mol. The maximum atomic E-state index is 13.1. The molecule has 2 saturated carbocycles. The first-order valence-corrected chi connectivity index (χ1v) is 11.0. The van der Waals surface area contributed by atoms with Crippen LogP contribution in [0.2, 0.25) is 0 Å². The van der Waals surface area contributed by atoms with Crippen LogP contribution in [0.15, 0.2) is 0 Å². The molecular weight excluding hydrogens is 263 g/mol. The van der Waals surface area contributed by atoms with Gasteiger partial charge in [-0.3, -0.25) is 0 Å². The fourth-order valence-corrected chi connectivity index (χ4v) is 6.79. The highest BCUT2D eigenvalue weighted by Crippen LogP contribution is 2.45. The number of rotatable bonds is 2. The van der Waals surface area contributed by atoms with Crippen molar-refractivity contribution >= 4 is 7.80 Å². The summed E-state index contributed by atoms with van der Waals surface area (Å²) in [5.74, 6) is 0. The van der Waals surface area contributed by atoms with Crippen LogP contribution in [-0.2, 0) is 4.57 Å². The highest BCUT2D eigenvalue weighted by molar-refractivity contribution is 7.46. The second kappa shape index (κ2) is 10.0. The van der Waals surface area contributed by atoms with Crippen molar-refractivity contribution < 1.29 is 4.57 Å². The highest BCUT2D eigenvalue weighted by Gasteiger charge is 2.25.